The number of halogens is 1. The molecule has 0 aliphatic carbocycles. The van der Waals surface area contributed by atoms with Crippen LogP contribution in [0.5, 0.6) is 0 Å². The quantitative estimate of drug-likeness (QED) is 0.0543. The summed E-state index contributed by atoms with van der Waals surface area (Å²) in [5, 5.41) is 26.2. The van der Waals surface area contributed by atoms with Crippen molar-refractivity contribution in [3.8, 4) is 0 Å². The van der Waals surface area contributed by atoms with Crippen LogP contribution in [0, 0.1) is 0 Å². The molecule has 208 valence electrons. The van der Waals surface area contributed by atoms with E-state index in [4.69, 9.17) is 17.3 Å². The number of nitrogen functional groups attached to an aromatic ring is 1. The monoisotopic (exact) mass is 617 g/mol. The number of nitrogens with two attached hydrogens (primary N) is 1. The Bertz CT molecular complexity index is 1450. The maximum Gasteiger partial charge on any atom is 1.00 e. The van der Waals surface area contributed by atoms with Crippen molar-refractivity contribution < 1.29 is 52.6 Å². The largest absolute Gasteiger partial charge is 1.00 e. The van der Waals surface area contributed by atoms with E-state index in [0.29, 0.717) is 38.7 Å². The van der Waals surface area contributed by atoms with Crippen molar-refractivity contribution >= 4 is 68.1 Å². The molecular formula is C23H27ClN8NaO5S2+. The summed E-state index contributed by atoms with van der Waals surface area (Å²) in [4.78, 5) is 13.5. The first-order valence-corrected chi connectivity index (χ1v) is 14.3. The normalized spacial score (nSPS) is 11.8. The van der Waals surface area contributed by atoms with Gasteiger partial charge in [-0.3, -0.25) is 9.52 Å². The number of nitrogens with zero attached hydrogens (tertiary/aromatic N) is 6. The zero-order valence-electron chi connectivity index (χ0n) is 22.4. The summed E-state index contributed by atoms with van der Waals surface area (Å²) >= 11 is 6.84. The number of sulfone groups is 1. The van der Waals surface area contributed by atoms with Crippen molar-refractivity contribution in [2.75, 3.05) is 30.7 Å². The SMILES string of the molecule is C=CS(=O)(=O)c1ccc(N=Nc2cc(SOO[O-])c(N)cc2Nc2nc(Cl)nc([N+](CC)(CC)CC)n2)cc1.[Na+]. The molecule has 0 atom stereocenters. The van der Waals surface area contributed by atoms with Gasteiger partial charge in [-0.1, -0.05) is 6.58 Å². The summed E-state index contributed by atoms with van der Waals surface area (Å²) in [6.07, 6.45) is 0. The van der Waals surface area contributed by atoms with Gasteiger partial charge in [0.25, 0.3) is 0 Å². The Balaban J connectivity index is 0.00000560. The van der Waals surface area contributed by atoms with Crippen molar-refractivity contribution in [3.05, 3.63) is 53.7 Å². The molecule has 0 saturated heterocycles. The third-order valence-corrected chi connectivity index (χ3v) is 8.21. The average Bonchev–Trinajstić information content (AvgIpc) is 2.93. The summed E-state index contributed by atoms with van der Waals surface area (Å²) in [7, 11) is -3.58. The average molecular weight is 618 g/mol. The summed E-state index contributed by atoms with van der Waals surface area (Å²) in [6, 6.07) is 8.80. The van der Waals surface area contributed by atoms with Crippen molar-refractivity contribution in [3.63, 3.8) is 0 Å². The topological polar surface area (TPSA) is 177 Å². The fourth-order valence-electron chi connectivity index (χ4n) is 3.62. The second kappa shape index (κ2) is 15.2. The Morgan fingerprint density at radius 3 is 2.35 bits per heavy atom. The van der Waals surface area contributed by atoms with E-state index in [2.05, 4.69) is 46.4 Å². The Hall–Kier alpha value is -2.18. The summed E-state index contributed by atoms with van der Waals surface area (Å²) in [6.45, 7) is 11.7. The molecule has 3 aromatic rings. The number of rotatable bonds is 13. The van der Waals surface area contributed by atoms with Gasteiger partial charge in [0.05, 0.1) is 52.8 Å². The van der Waals surface area contributed by atoms with Crippen LogP contribution in [0.1, 0.15) is 20.8 Å². The molecule has 0 fully saturated rings. The van der Waals surface area contributed by atoms with Crippen LogP contribution in [0.15, 0.2) is 68.4 Å². The molecule has 1 aromatic heterocycles. The minimum absolute atomic E-state index is 0. The van der Waals surface area contributed by atoms with Crippen LogP contribution in [0.25, 0.3) is 0 Å². The maximum absolute atomic E-state index is 12.0. The summed E-state index contributed by atoms with van der Waals surface area (Å²) in [5.41, 5.74) is 7.38. The first kappa shape index (κ1) is 34.0. The molecule has 0 amide bonds. The fourth-order valence-corrected chi connectivity index (χ4v) is 4.90. The van der Waals surface area contributed by atoms with Gasteiger partial charge in [-0.2, -0.15) is 14.4 Å². The molecule has 0 unspecified atom stereocenters. The van der Waals surface area contributed by atoms with Crippen LogP contribution in [-0.2, 0) is 19.2 Å². The standard InChI is InChI=1S/C23H27ClN8O5S2.Na/c1-5-32(6-2,7-3)23-28-21(24)27-22(29-23)26-18-13-17(25)20(38-37-36-33)14-19(18)31-30-15-9-11-16(12-10-15)39(34,35)8-4;/h8-14H,4-7,25H2,1-3H3,(H-,26,27,28,29,33);/q;+1. The first-order valence-electron chi connectivity index (χ1n) is 11.6. The van der Waals surface area contributed by atoms with Crippen molar-refractivity contribution in [1.29, 1.82) is 0 Å². The van der Waals surface area contributed by atoms with Gasteiger partial charge < -0.3 is 16.3 Å². The van der Waals surface area contributed by atoms with Gasteiger partial charge in [0.2, 0.25) is 11.2 Å². The molecular weight excluding hydrogens is 591 g/mol. The third kappa shape index (κ3) is 8.19. The van der Waals surface area contributed by atoms with E-state index in [-0.39, 0.29) is 57.1 Å². The Labute approximate surface area is 263 Å². The van der Waals surface area contributed by atoms with E-state index in [1.165, 1.54) is 36.4 Å². The van der Waals surface area contributed by atoms with Gasteiger partial charge in [0, 0.05) is 11.1 Å². The second-order valence-corrected chi connectivity index (χ2v) is 11.0. The van der Waals surface area contributed by atoms with Gasteiger partial charge >= 0.3 is 35.5 Å². The molecule has 3 rings (SSSR count). The Kier molecular flexibility index (Phi) is 12.9. The number of benzene rings is 2. The molecule has 3 N–H and O–H groups in total. The molecule has 2 aromatic carbocycles. The smallest absolute Gasteiger partial charge is 0.691 e. The van der Waals surface area contributed by atoms with Crippen LogP contribution in [0.2, 0.25) is 5.28 Å². The van der Waals surface area contributed by atoms with E-state index in [1.54, 1.807) is 0 Å². The predicted octanol–water partition coefficient (Wildman–Crippen LogP) is 1.78. The minimum atomic E-state index is -3.58. The van der Waals surface area contributed by atoms with Crippen LogP contribution in [-0.4, -0.2) is 43.0 Å². The minimum Gasteiger partial charge on any atom is -0.691 e. The Morgan fingerprint density at radius 2 is 1.77 bits per heavy atom. The van der Waals surface area contributed by atoms with Gasteiger partial charge in [0.15, 0.2) is 9.84 Å². The number of azo groups is 1. The number of nitrogens with one attached hydrogen (secondary N) is 1. The number of anilines is 3. The molecule has 17 heteroatoms. The van der Waals surface area contributed by atoms with Gasteiger partial charge in [0.1, 0.15) is 5.69 Å². The van der Waals surface area contributed by atoms with Gasteiger partial charge in [-0.15, -0.1) is 15.1 Å². The number of aromatic nitrogens is 3. The first-order chi connectivity index (χ1) is 18.6. The number of hydrogen-bond acceptors (Lipinski definition) is 13. The zero-order chi connectivity index (χ0) is 28.6. The predicted molar refractivity (Wildman–Crippen MR) is 148 cm³/mol. The van der Waals surface area contributed by atoms with E-state index in [0.717, 1.165) is 25.0 Å². The summed E-state index contributed by atoms with van der Waals surface area (Å²) < 4.78 is 28.8. The van der Waals surface area contributed by atoms with Crippen LogP contribution in [0.4, 0.5) is 34.6 Å². The molecule has 0 bridgehead atoms. The van der Waals surface area contributed by atoms with Crippen molar-refractivity contribution in [2.45, 2.75) is 30.6 Å². The van der Waals surface area contributed by atoms with E-state index in [1.807, 2.05) is 20.8 Å². The molecule has 0 aliphatic rings. The van der Waals surface area contributed by atoms with Crippen molar-refractivity contribution in [1.82, 2.24) is 19.4 Å². The molecule has 40 heavy (non-hydrogen) atoms. The number of hydrogen-bond donors (Lipinski definition) is 2. The molecule has 1 heterocycles. The number of quaternary nitrogens is 1. The van der Waals surface area contributed by atoms with E-state index < -0.39 is 9.84 Å². The third-order valence-electron chi connectivity index (χ3n) is 6.02. The molecule has 0 spiro atoms. The van der Waals surface area contributed by atoms with Crippen LogP contribution >= 0.6 is 23.6 Å². The molecule has 0 saturated carbocycles. The molecule has 13 nitrogen and oxygen atoms in total. The van der Waals surface area contributed by atoms with Gasteiger partial charge in [-0.25, -0.2) is 8.42 Å². The van der Waals surface area contributed by atoms with Crippen LogP contribution in [0.3, 0.4) is 0 Å². The molecule has 0 aliphatic heterocycles. The van der Waals surface area contributed by atoms with E-state index >= 15 is 0 Å². The maximum atomic E-state index is 12.0. The fraction of sp³-hybridized carbons (Fsp3) is 0.261. The van der Waals surface area contributed by atoms with Crippen LogP contribution < -0.4 is 50.3 Å². The van der Waals surface area contributed by atoms with Gasteiger partial charge in [-0.05, 0) is 68.8 Å². The Morgan fingerprint density at radius 1 is 1.12 bits per heavy atom. The van der Waals surface area contributed by atoms with E-state index in [9.17, 15) is 13.7 Å². The van der Waals surface area contributed by atoms with Crippen molar-refractivity contribution in [2.24, 2.45) is 10.2 Å². The zero-order valence-corrected chi connectivity index (χ0v) is 26.8. The molecule has 0 radical (unpaired) electrons. The summed E-state index contributed by atoms with van der Waals surface area (Å²) in [5.74, 6) is 0.668. The second-order valence-electron chi connectivity index (χ2n) is 7.98.